The molecular weight excluding hydrogens is 368 g/mol. The van der Waals surface area contributed by atoms with Gasteiger partial charge < -0.3 is 20.9 Å². The number of H-pyrrole nitrogens is 1. The molecule has 4 rings (SSSR count). The highest BCUT2D eigenvalue weighted by molar-refractivity contribution is 6.03. The van der Waals surface area contributed by atoms with E-state index in [9.17, 15) is 14.4 Å². The zero-order valence-corrected chi connectivity index (χ0v) is 16.2. The van der Waals surface area contributed by atoms with E-state index in [-0.39, 0.29) is 12.5 Å². The standard InChI is InChI=1S/C22H22N4O3/c1-12-19(16-9-5-6-10-17(16)25-12)20-14-7-3-4-8-15(14)22(29)26(20)13(2)21(28)24-11-18(23)27/h3-10,13,20,25H,11H2,1-2H3,(H2,23,27)(H,24,28)/t13-,20+/m1/s1. The van der Waals surface area contributed by atoms with Crippen LogP contribution in [0.15, 0.2) is 48.5 Å². The third-order valence-corrected chi connectivity index (χ3v) is 5.45. The smallest absolute Gasteiger partial charge is 0.255 e. The van der Waals surface area contributed by atoms with E-state index < -0.39 is 23.9 Å². The molecule has 2 heterocycles. The fraction of sp³-hybridized carbons (Fsp3) is 0.227. The molecule has 7 heteroatoms. The molecule has 0 radical (unpaired) electrons. The van der Waals surface area contributed by atoms with E-state index in [1.807, 2.05) is 49.4 Å². The van der Waals surface area contributed by atoms with E-state index in [0.29, 0.717) is 5.56 Å². The molecule has 0 saturated heterocycles. The minimum atomic E-state index is -0.785. The second-order valence-electron chi connectivity index (χ2n) is 7.27. The predicted molar refractivity (Wildman–Crippen MR) is 109 cm³/mol. The summed E-state index contributed by atoms with van der Waals surface area (Å²) in [5, 5.41) is 3.52. The average molecular weight is 390 g/mol. The monoisotopic (exact) mass is 390 g/mol. The minimum Gasteiger partial charge on any atom is -0.368 e. The summed E-state index contributed by atoms with van der Waals surface area (Å²) in [6, 6.07) is 14.1. The average Bonchev–Trinajstić information content (AvgIpc) is 3.18. The molecule has 148 valence electrons. The molecule has 1 aromatic heterocycles. The lowest BCUT2D eigenvalue weighted by Gasteiger charge is -2.31. The van der Waals surface area contributed by atoms with Gasteiger partial charge in [0.1, 0.15) is 6.04 Å². The molecule has 7 nitrogen and oxygen atoms in total. The molecule has 0 unspecified atom stereocenters. The third kappa shape index (κ3) is 3.04. The molecule has 3 amide bonds. The lowest BCUT2D eigenvalue weighted by molar-refractivity contribution is -0.128. The first kappa shape index (κ1) is 18.7. The number of nitrogens with two attached hydrogens (primary N) is 1. The van der Waals surface area contributed by atoms with Crippen LogP contribution in [-0.4, -0.2) is 40.2 Å². The summed E-state index contributed by atoms with van der Waals surface area (Å²) in [5.74, 6) is -1.27. The van der Waals surface area contributed by atoms with Gasteiger partial charge in [0.2, 0.25) is 11.8 Å². The molecule has 3 aromatic rings. The zero-order chi connectivity index (χ0) is 20.7. The van der Waals surface area contributed by atoms with Crippen LogP contribution >= 0.6 is 0 Å². The molecule has 1 aliphatic rings. The Kier molecular flexibility index (Phi) is 4.58. The number of rotatable bonds is 5. The number of primary amides is 1. The number of amides is 3. The topological polar surface area (TPSA) is 108 Å². The maximum absolute atomic E-state index is 13.3. The molecule has 0 saturated carbocycles. The molecule has 0 aliphatic carbocycles. The van der Waals surface area contributed by atoms with Crippen LogP contribution in [0.25, 0.3) is 10.9 Å². The Morgan fingerprint density at radius 2 is 1.86 bits per heavy atom. The van der Waals surface area contributed by atoms with Gasteiger partial charge in [0.25, 0.3) is 5.91 Å². The summed E-state index contributed by atoms with van der Waals surface area (Å²) < 4.78 is 0. The van der Waals surface area contributed by atoms with Crippen LogP contribution in [0.4, 0.5) is 0 Å². The van der Waals surface area contributed by atoms with Gasteiger partial charge in [-0.15, -0.1) is 0 Å². The van der Waals surface area contributed by atoms with Gasteiger partial charge >= 0.3 is 0 Å². The maximum Gasteiger partial charge on any atom is 0.255 e. The van der Waals surface area contributed by atoms with E-state index in [0.717, 1.165) is 27.7 Å². The number of carbonyl (C=O) groups excluding carboxylic acids is 3. The Balaban J connectivity index is 1.84. The number of hydrogen-bond donors (Lipinski definition) is 3. The van der Waals surface area contributed by atoms with Crippen molar-refractivity contribution in [2.24, 2.45) is 5.73 Å². The number of benzene rings is 2. The van der Waals surface area contributed by atoms with E-state index in [1.54, 1.807) is 17.9 Å². The van der Waals surface area contributed by atoms with Crippen LogP contribution in [0, 0.1) is 6.92 Å². The largest absolute Gasteiger partial charge is 0.368 e. The van der Waals surface area contributed by atoms with Crippen molar-refractivity contribution in [1.82, 2.24) is 15.2 Å². The van der Waals surface area contributed by atoms with Gasteiger partial charge in [-0.1, -0.05) is 36.4 Å². The van der Waals surface area contributed by atoms with Crippen molar-refractivity contribution in [2.45, 2.75) is 25.9 Å². The molecule has 0 fully saturated rings. The SMILES string of the molecule is Cc1[nH]c2ccccc2c1[C@@H]1c2ccccc2C(=O)N1[C@H](C)C(=O)NCC(N)=O. The molecular formula is C22H22N4O3. The first-order valence-electron chi connectivity index (χ1n) is 9.45. The molecule has 29 heavy (non-hydrogen) atoms. The van der Waals surface area contributed by atoms with Crippen LogP contribution in [0.1, 0.15) is 40.1 Å². The van der Waals surface area contributed by atoms with E-state index >= 15 is 0 Å². The molecule has 0 bridgehead atoms. The summed E-state index contributed by atoms with van der Waals surface area (Å²) in [4.78, 5) is 42.0. The number of hydrogen-bond acceptors (Lipinski definition) is 3. The Labute approximate surface area is 167 Å². The number of nitrogens with one attached hydrogen (secondary N) is 2. The van der Waals surface area contributed by atoms with Crippen LogP contribution in [0.3, 0.4) is 0 Å². The van der Waals surface area contributed by atoms with Crippen LogP contribution < -0.4 is 11.1 Å². The first-order valence-corrected chi connectivity index (χ1v) is 9.45. The van der Waals surface area contributed by atoms with E-state index in [1.165, 1.54) is 0 Å². The Bertz CT molecular complexity index is 1130. The Hall–Kier alpha value is -3.61. The number of carbonyl (C=O) groups is 3. The maximum atomic E-state index is 13.3. The highest BCUT2D eigenvalue weighted by atomic mass is 16.2. The van der Waals surface area contributed by atoms with Crippen molar-refractivity contribution < 1.29 is 14.4 Å². The molecule has 0 spiro atoms. The minimum absolute atomic E-state index is 0.211. The van der Waals surface area contributed by atoms with Gasteiger partial charge in [0.05, 0.1) is 12.6 Å². The van der Waals surface area contributed by atoms with Crippen molar-refractivity contribution in [1.29, 1.82) is 0 Å². The Morgan fingerprint density at radius 1 is 1.17 bits per heavy atom. The zero-order valence-electron chi connectivity index (χ0n) is 16.2. The first-order chi connectivity index (χ1) is 13.9. The van der Waals surface area contributed by atoms with Crippen molar-refractivity contribution in [3.8, 4) is 0 Å². The van der Waals surface area contributed by atoms with Crippen LogP contribution in [0.5, 0.6) is 0 Å². The van der Waals surface area contributed by atoms with Gasteiger partial charge in [-0.05, 0) is 31.5 Å². The van der Waals surface area contributed by atoms with Gasteiger partial charge in [0, 0.05) is 27.7 Å². The number of nitrogens with zero attached hydrogens (tertiary/aromatic N) is 1. The molecule has 1 aliphatic heterocycles. The summed E-state index contributed by atoms with van der Waals surface area (Å²) in [5.41, 5.74) is 9.46. The quantitative estimate of drug-likeness (QED) is 0.620. The summed E-state index contributed by atoms with van der Waals surface area (Å²) in [6.07, 6.45) is 0. The van der Waals surface area contributed by atoms with Gasteiger partial charge in [0.15, 0.2) is 0 Å². The van der Waals surface area contributed by atoms with Crippen molar-refractivity contribution in [2.75, 3.05) is 6.54 Å². The van der Waals surface area contributed by atoms with Crippen molar-refractivity contribution in [3.05, 3.63) is 70.9 Å². The number of aromatic amines is 1. The van der Waals surface area contributed by atoms with Crippen molar-refractivity contribution >= 4 is 28.6 Å². The third-order valence-electron chi connectivity index (χ3n) is 5.45. The fourth-order valence-electron chi connectivity index (χ4n) is 4.13. The lowest BCUT2D eigenvalue weighted by Crippen LogP contribution is -2.48. The highest BCUT2D eigenvalue weighted by Gasteiger charge is 2.43. The number of para-hydroxylation sites is 1. The van der Waals surface area contributed by atoms with Crippen molar-refractivity contribution in [3.63, 3.8) is 0 Å². The fourth-order valence-corrected chi connectivity index (χ4v) is 4.13. The Morgan fingerprint density at radius 3 is 2.62 bits per heavy atom. The molecule has 4 N–H and O–H groups in total. The summed E-state index contributed by atoms with van der Waals surface area (Å²) >= 11 is 0. The second kappa shape index (κ2) is 7.09. The number of fused-ring (bicyclic) bond motifs is 2. The molecule has 2 aromatic carbocycles. The van der Waals surface area contributed by atoms with Crippen LogP contribution in [-0.2, 0) is 9.59 Å². The number of aryl methyl sites for hydroxylation is 1. The normalized spacial score (nSPS) is 16.7. The predicted octanol–water partition coefficient (Wildman–Crippen LogP) is 2.01. The van der Waals surface area contributed by atoms with Gasteiger partial charge in [-0.25, -0.2) is 0 Å². The lowest BCUT2D eigenvalue weighted by atomic mass is 9.95. The van der Waals surface area contributed by atoms with Gasteiger partial charge in [-0.3, -0.25) is 14.4 Å². The molecule has 2 atom stereocenters. The van der Waals surface area contributed by atoms with Gasteiger partial charge in [-0.2, -0.15) is 0 Å². The van der Waals surface area contributed by atoms with E-state index in [4.69, 9.17) is 5.73 Å². The van der Waals surface area contributed by atoms with Crippen LogP contribution in [0.2, 0.25) is 0 Å². The highest BCUT2D eigenvalue weighted by Crippen LogP contribution is 2.43. The summed E-state index contributed by atoms with van der Waals surface area (Å²) in [7, 11) is 0. The van der Waals surface area contributed by atoms with E-state index in [2.05, 4.69) is 10.3 Å². The second-order valence-corrected chi connectivity index (χ2v) is 7.27. The summed E-state index contributed by atoms with van der Waals surface area (Å²) in [6.45, 7) is 3.36. The number of aromatic nitrogens is 1.